The number of aryl methyl sites for hydroxylation is 1. The lowest BCUT2D eigenvalue weighted by Crippen LogP contribution is -2.46. The summed E-state index contributed by atoms with van der Waals surface area (Å²) in [4.78, 5) is 17.2. The summed E-state index contributed by atoms with van der Waals surface area (Å²) in [6.45, 7) is 5.40. The van der Waals surface area contributed by atoms with Crippen molar-refractivity contribution in [3.63, 3.8) is 0 Å². The van der Waals surface area contributed by atoms with E-state index in [0.29, 0.717) is 29.2 Å². The van der Waals surface area contributed by atoms with Crippen molar-refractivity contribution in [2.24, 2.45) is 0 Å². The standard InChI is InChI=1S/C25H23FN2O4/c1-16-2-7-19(31-16)14-23-24(30)20-8-9-22(29)21(25(20)32-23)15-27-10-12-28(13-11-27)18-5-3-17(26)4-6-18/h2-9,14,29H,10-13,15H2,1H3/b23-14-. The van der Waals surface area contributed by atoms with Gasteiger partial charge in [0.25, 0.3) is 0 Å². The molecule has 0 unspecified atom stereocenters. The molecule has 1 N–H and O–H groups in total. The van der Waals surface area contributed by atoms with E-state index in [9.17, 15) is 14.3 Å². The summed E-state index contributed by atoms with van der Waals surface area (Å²) in [7, 11) is 0. The Hall–Kier alpha value is -3.58. The van der Waals surface area contributed by atoms with Crippen molar-refractivity contribution in [1.82, 2.24) is 4.90 Å². The van der Waals surface area contributed by atoms with Crippen LogP contribution >= 0.6 is 0 Å². The maximum atomic E-state index is 13.2. The second-order valence-corrected chi connectivity index (χ2v) is 8.07. The van der Waals surface area contributed by atoms with E-state index >= 15 is 0 Å². The molecule has 6 nitrogen and oxygen atoms in total. The summed E-state index contributed by atoms with van der Waals surface area (Å²) in [6, 6.07) is 13.3. The largest absolute Gasteiger partial charge is 0.507 e. The van der Waals surface area contributed by atoms with Gasteiger partial charge in [-0.05, 0) is 55.5 Å². The molecule has 1 fully saturated rings. The average Bonchev–Trinajstić information content (AvgIpc) is 3.34. The molecule has 3 heterocycles. The Balaban J connectivity index is 1.32. The number of phenols is 1. The van der Waals surface area contributed by atoms with E-state index in [2.05, 4.69) is 9.80 Å². The summed E-state index contributed by atoms with van der Waals surface area (Å²) in [5, 5.41) is 10.5. The Morgan fingerprint density at radius 1 is 1.03 bits per heavy atom. The van der Waals surface area contributed by atoms with Crippen LogP contribution in [0.4, 0.5) is 10.1 Å². The number of benzene rings is 2. The summed E-state index contributed by atoms with van der Waals surface area (Å²) in [6.07, 6.45) is 1.58. The number of piperazine rings is 1. The first-order valence-corrected chi connectivity index (χ1v) is 10.6. The van der Waals surface area contributed by atoms with Crippen LogP contribution in [0, 0.1) is 12.7 Å². The predicted octanol–water partition coefficient (Wildman–Crippen LogP) is 4.37. The highest BCUT2D eigenvalue weighted by atomic mass is 19.1. The van der Waals surface area contributed by atoms with Crippen molar-refractivity contribution in [2.75, 3.05) is 31.1 Å². The van der Waals surface area contributed by atoms with Crippen molar-refractivity contribution in [2.45, 2.75) is 13.5 Å². The number of furan rings is 1. The van der Waals surface area contributed by atoms with E-state index in [1.54, 1.807) is 36.4 Å². The van der Waals surface area contributed by atoms with Crippen LogP contribution in [0.5, 0.6) is 11.5 Å². The van der Waals surface area contributed by atoms with E-state index in [1.807, 2.05) is 13.0 Å². The van der Waals surface area contributed by atoms with Crippen molar-refractivity contribution in [1.29, 1.82) is 0 Å². The van der Waals surface area contributed by atoms with E-state index in [1.165, 1.54) is 12.1 Å². The van der Waals surface area contributed by atoms with Gasteiger partial charge in [0.2, 0.25) is 5.78 Å². The van der Waals surface area contributed by atoms with E-state index in [-0.39, 0.29) is 23.1 Å². The number of phenolic OH excluding ortho intramolecular Hbond substituents is 1. The van der Waals surface area contributed by atoms with Crippen LogP contribution < -0.4 is 9.64 Å². The molecule has 0 radical (unpaired) electrons. The highest BCUT2D eigenvalue weighted by Crippen LogP contribution is 2.40. The number of ether oxygens (including phenoxy) is 1. The number of Topliss-reactive ketones (excluding diaryl/α,β-unsaturated/α-hetero) is 1. The van der Waals surface area contributed by atoms with Crippen LogP contribution in [0.15, 0.2) is 58.7 Å². The van der Waals surface area contributed by atoms with Gasteiger partial charge in [0.1, 0.15) is 28.8 Å². The molecule has 32 heavy (non-hydrogen) atoms. The molecule has 3 aromatic rings. The summed E-state index contributed by atoms with van der Waals surface area (Å²) in [5.74, 6) is 1.52. The third-order valence-electron chi connectivity index (χ3n) is 5.90. The summed E-state index contributed by atoms with van der Waals surface area (Å²) < 4.78 is 24.6. The van der Waals surface area contributed by atoms with Gasteiger partial charge in [-0.3, -0.25) is 9.69 Å². The number of nitrogens with zero attached hydrogens (tertiary/aromatic N) is 2. The number of halogens is 1. The first-order chi connectivity index (χ1) is 15.5. The Kier molecular flexibility index (Phi) is 5.19. The molecule has 0 amide bonds. The third kappa shape index (κ3) is 3.87. The van der Waals surface area contributed by atoms with Gasteiger partial charge in [0, 0.05) is 44.5 Å². The molecule has 0 atom stereocenters. The molecular formula is C25H23FN2O4. The van der Waals surface area contributed by atoms with Crippen molar-refractivity contribution in [3.8, 4) is 11.5 Å². The highest BCUT2D eigenvalue weighted by molar-refractivity contribution is 6.14. The zero-order chi connectivity index (χ0) is 22.2. The minimum Gasteiger partial charge on any atom is -0.507 e. The quantitative estimate of drug-likeness (QED) is 0.615. The molecule has 0 spiro atoms. The molecule has 2 aliphatic rings. The number of aromatic hydroxyl groups is 1. The Morgan fingerprint density at radius 2 is 1.78 bits per heavy atom. The number of hydrogen-bond acceptors (Lipinski definition) is 6. The number of allylic oxidation sites excluding steroid dienone is 1. The zero-order valence-electron chi connectivity index (χ0n) is 17.7. The van der Waals surface area contributed by atoms with Crippen LogP contribution in [-0.4, -0.2) is 42.0 Å². The maximum absolute atomic E-state index is 13.2. The van der Waals surface area contributed by atoms with Gasteiger partial charge in [-0.25, -0.2) is 4.39 Å². The Bertz CT molecular complexity index is 1190. The number of rotatable bonds is 4. The van der Waals surface area contributed by atoms with Gasteiger partial charge >= 0.3 is 0 Å². The maximum Gasteiger partial charge on any atom is 0.232 e. The molecule has 2 aromatic carbocycles. The predicted molar refractivity (Wildman–Crippen MR) is 118 cm³/mol. The fraction of sp³-hybridized carbons (Fsp3) is 0.240. The molecule has 2 aliphatic heterocycles. The molecule has 1 saturated heterocycles. The smallest absolute Gasteiger partial charge is 0.232 e. The Morgan fingerprint density at radius 3 is 2.47 bits per heavy atom. The third-order valence-corrected chi connectivity index (χ3v) is 5.90. The molecule has 1 aromatic heterocycles. The minimum absolute atomic E-state index is 0.104. The van der Waals surface area contributed by atoms with Crippen LogP contribution in [0.2, 0.25) is 0 Å². The van der Waals surface area contributed by atoms with Crippen LogP contribution in [0.1, 0.15) is 27.4 Å². The summed E-state index contributed by atoms with van der Waals surface area (Å²) >= 11 is 0. The van der Waals surface area contributed by atoms with Gasteiger partial charge in [-0.2, -0.15) is 0 Å². The lowest BCUT2D eigenvalue weighted by molar-refractivity contribution is 0.101. The fourth-order valence-corrected chi connectivity index (χ4v) is 4.15. The SMILES string of the molecule is Cc1ccc(/C=C2\Oc3c(ccc(O)c3CN3CCN(c4ccc(F)cc4)CC3)C2=O)o1. The highest BCUT2D eigenvalue weighted by Gasteiger charge is 2.32. The van der Waals surface area contributed by atoms with Crippen LogP contribution in [0.25, 0.3) is 6.08 Å². The number of ketones is 1. The van der Waals surface area contributed by atoms with Crippen molar-refractivity contribution in [3.05, 3.63) is 82.8 Å². The van der Waals surface area contributed by atoms with Gasteiger partial charge in [-0.1, -0.05) is 0 Å². The van der Waals surface area contributed by atoms with Crippen LogP contribution in [-0.2, 0) is 6.54 Å². The first kappa shape index (κ1) is 20.3. The number of anilines is 1. The van der Waals surface area contributed by atoms with Gasteiger partial charge in [0.05, 0.1) is 11.1 Å². The first-order valence-electron chi connectivity index (χ1n) is 10.6. The second kappa shape index (κ2) is 8.16. The topological polar surface area (TPSA) is 66.2 Å². The van der Waals surface area contributed by atoms with Crippen molar-refractivity contribution >= 4 is 17.5 Å². The average molecular weight is 434 g/mol. The normalized spacial score (nSPS) is 17.6. The number of carbonyl (C=O) groups excluding carboxylic acids is 1. The minimum atomic E-state index is -0.244. The molecule has 164 valence electrons. The second-order valence-electron chi connectivity index (χ2n) is 8.07. The van der Waals surface area contributed by atoms with Crippen molar-refractivity contribution < 1.29 is 23.4 Å². The molecule has 7 heteroatoms. The molecule has 0 aliphatic carbocycles. The number of fused-ring (bicyclic) bond motifs is 1. The lowest BCUT2D eigenvalue weighted by atomic mass is 10.0. The fourth-order valence-electron chi connectivity index (χ4n) is 4.15. The van der Waals surface area contributed by atoms with E-state index < -0.39 is 0 Å². The zero-order valence-corrected chi connectivity index (χ0v) is 17.7. The monoisotopic (exact) mass is 434 g/mol. The molecule has 0 bridgehead atoms. The van der Waals surface area contributed by atoms with E-state index in [0.717, 1.165) is 37.6 Å². The molecule has 0 saturated carbocycles. The van der Waals surface area contributed by atoms with Gasteiger partial charge < -0.3 is 19.2 Å². The van der Waals surface area contributed by atoms with E-state index in [4.69, 9.17) is 9.15 Å². The van der Waals surface area contributed by atoms with Crippen LogP contribution in [0.3, 0.4) is 0 Å². The summed E-state index contributed by atoms with van der Waals surface area (Å²) in [5.41, 5.74) is 2.04. The lowest BCUT2D eigenvalue weighted by Gasteiger charge is -2.36. The van der Waals surface area contributed by atoms with Gasteiger partial charge in [-0.15, -0.1) is 0 Å². The number of carbonyl (C=O) groups is 1. The molecular weight excluding hydrogens is 411 g/mol. The number of hydrogen-bond donors (Lipinski definition) is 1. The molecule has 5 rings (SSSR count). The van der Waals surface area contributed by atoms with Gasteiger partial charge in [0.15, 0.2) is 5.76 Å². The Labute approximate surface area is 185 Å².